The molecule has 0 unspecified atom stereocenters. The summed E-state index contributed by atoms with van der Waals surface area (Å²) < 4.78 is 2.04. The third-order valence-corrected chi connectivity index (χ3v) is 2.38. The molecule has 2 aromatic heterocycles. The van der Waals surface area contributed by atoms with Gasteiger partial charge >= 0.3 is 0 Å². The molecule has 0 saturated heterocycles. The molecule has 0 aliphatic heterocycles. The Morgan fingerprint density at radius 3 is 3.00 bits per heavy atom. The minimum absolute atomic E-state index is 0.956. The fourth-order valence-corrected chi connectivity index (χ4v) is 1.63. The Kier molecular flexibility index (Phi) is 2.54. The van der Waals surface area contributed by atoms with Crippen molar-refractivity contribution < 1.29 is 0 Å². The van der Waals surface area contributed by atoms with Crippen LogP contribution in [0.3, 0.4) is 0 Å². The molecule has 15 heavy (non-hydrogen) atoms. The highest BCUT2D eigenvalue weighted by Gasteiger charge is 2.04. The first-order valence-electron chi connectivity index (χ1n) is 5.20. The second-order valence-corrected chi connectivity index (χ2v) is 3.66. The maximum Gasteiger partial charge on any atom is 0.142 e. The molecule has 3 nitrogen and oxygen atoms in total. The maximum absolute atomic E-state index is 4.47. The van der Waals surface area contributed by atoms with Gasteiger partial charge in [0.05, 0.1) is 11.4 Å². The molecule has 0 amide bonds. The van der Waals surface area contributed by atoms with Crippen LogP contribution in [-0.4, -0.2) is 15.6 Å². The highest BCUT2D eigenvalue weighted by molar-refractivity contribution is 5.68. The summed E-state index contributed by atoms with van der Waals surface area (Å²) in [5, 5.41) is 0. The second kappa shape index (κ2) is 3.85. The molecule has 0 bridgehead atoms. The van der Waals surface area contributed by atoms with Gasteiger partial charge in [-0.3, -0.25) is 4.99 Å². The fraction of sp³-hybridized carbons (Fsp3) is 0.333. The van der Waals surface area contributed by atoms with Gasteiger partial charge < -0.3 is 4.40 Å². The third kappa shape index (κ3) is 1.77. The Balaban J connectivity index is 2.59. The quantitative estimate of drug-likeness (QED) is 0.687. The van der Waals surface area contributed by atoms with E-state index in [1.54, 1.807) is 0 Å². The summed E-state index contributed by atoms with van der Waals surface area (Å²) >= 11 is 0. The van der Waals surface area contributed by atoms with Gasteiger partial charge in [0.15, 0.2) is 0 Å². The predicted molar refractivity (Wildman–Crippen MR) is 63.1 cm³/mol. The molecule has 0 aliphatic rings. The number of nitrogens with zero attached hydrogens (tertiary/aromatic N) is 3. The molecule has 0 N–H and O–H groups in total. The largest absolute Gasteiger partial charge is 0.306 e. The first kappa shape index (κ1) is 9.90. The van der Waals surface area contributed by atoms with E-state index in [9.17, 15) is 0 Å². The summed E-state index contributed by atoms with van der Waals surface area (Å²) in [5.41, 5.74) is 4.18. The van der Waals surface area contributed by atoms with Crippen LogP contribution in [0.2, 0.25) is 0 Å². The van der Waals surface area contributed by atoms with Gasteiger partial charge in [0, 0.05) is 24.2 Å². The lowest BCUT2D eigenvalue weighted by Gasteiger charge is -2.01. The summed E-state index contributed by atoms with van der Waals surface area (Å²) in [6.45, 7) is 6.14. The van der Waals surface area contributed by atoms with Gasteiger partial charge in [-0.15, -0.1) is 0 Å². The average Bonchev–Trinajstić information content (AvgIpc) is 2.59. The lowest BCUT2D eigenvalue weighted by molar-refractivity contribution is 1.16. The average molecular weight is 201 g/mol. The number of rotatable bonds is 2. The molecular weight excluding hydrogens is 186 g/mol. The van der Waals surface area contributed by atoms with Crippen LogP contribution in [0.5, 0.6) is 0 Å². The van der Waals surface area contributed by atoms with Crippen molar-refractivity contribution in [2.24, 2.45) is 4.99 Å². The van der Waals surface area contributed by atoms with E-state index in [1.165, 1.54) is 0 Å². The van der Waals surface area contributed by atoms with Crippen molar-refractivity contribution >= 4 is 17.5 Å². The molecule has 0 saturated carbocycles. The summed E-state index contributed by atoms with van der Waals surface area (Å²) in [4.78, 5) is 8.88. The van der Waals surface area contributed by atoms with E-state index in [1.807, 2.05) is 36.0 Å². The van der Waals surface area contributed by atoms with Crippen LogP contribution in [0, 0.1) is 13.8 Å². The van der Waals surface area contributed by atoms with Crippen LogP contribution in [0.1, 0.15) is 24.6 Å². The minimum Gasteiger partial charge on any atom is -0.306 e. The van der Waals surface area contributed by atoms with Crippen LogP contribution in [0.4, 0.5) is 5.69 Å². The van der Waals surface area contributed by atoms with Crippen molar-refractivity contribution in [3.8, 4) is 0 Å². The van der Waals surface area contributed by atoms with E-state index < -0.39 is 0 Å². The highest BCUT2D eigenvalue weighted by Crippen LogP contribution is 2.22. The number of imidazole rings is 1. The molecule has 3 heteroatoms. The second-order valence-electron chi connectivity index (χ2n) is 3.66. The van der Waals surface area contributed by atoms with E-state index in [0.717, 1.165) is 29.0 Å². The zero-order chi connectivity index (χ0) is 10.8. The van der Waals surface area contributed by atoms with Crippen molar-refractivity contribution in [2.75, 3.05) is 0 Å². The number of aromatic nitrogens is 2. The molecule has 0 atom stereocenters. The van der Waals surface area contributed by atoms with Gasteiger partial charge in [-0.2, -0.15) is 0 Å². The topological polar surface area (TPSA) is 29.7 Å². The van der Waals surface area contributed by atoms with Gasteiger partial charge in [0.2, 0.25) is 0 Å². The van der Waals surface area contributed by atoms with Crippen molar-refractivity contribution in [1.29, 1.82) is 0 Å². The summed E-state index contributed by atoms with van der Waals surface area (Å²) in [5.74, 6) is 0. The molecular formula is C12H15N3. The molecule has 0 spiro atoms. The van der Waals surface area contributed by atoms with Crippen molar-refractivity contribution in [3.63, 3.8) is 0 Å². The lowest BCUT2D eigenvalue weighted by atomic mass is 10.2. The van der Waals surface area contributed by atoms with Crippen molar-refractivity contribution in [1.82, 2.24) is 9.38 Å². The Bertz CT molecular complexity index is 509. The summed E-state index contributed by atoms with van der Waals surface area (Å²) in [6.07, 6.45) is 6.91. The van der Waals surface area contributed by atoms with Gasteiger partial charge in [-0.25, -0.2) is 4.98 Å². The normalized spacial score (nSPS) is 11.7. The smallest absolute Gasteiger partial charge is 0.142 e. The first-order valence-corrected chi connectivity index (χ1v) is 5.20. The molecule has 0 radical (unpaired) electrons. The van der Waals surface area contributed by atoms with Crippen LogP contribution >= 0.6 is 0 Å². The molecule has 2 aromatic rings. The number of aliphatic imine (C=N–C) groups is 1. The first-order chi connectivity index (χ1) is 7.22. The number of pyridine rings is 1. The Morgan fingerprint density at radius 1 is 1.47 bits per heavy atom. The van der Waals surface area contributed by atoms with E-state index in [2.05, 4.69) is 23.8 Å². The summed E-state index contributed by atoms with van der Waals surface area (Å²) in [6, 6.07) is 2.02. The third-order valence-electron chi connectivity index (χ3n) is 2.38. The number of aryl methyl sites for hydroxylation is 2. The van der Waals surface area contributed by atoms with Gasteiger partial charge in [0.1, 0.15) is 5.65 Å². The number of hydrogen-bond acceptors (Lipinski definition) is 2. The zero-order valence-electron chi connectivity index (χ0n) is 9.36. The number of hydrogen-bond donors (Lipinski definition) is 0. The van der Waals surface area contributed by atoms with E-state index >= 15 is 0 Å². The number of fused-ring (bicyclic) bond motifs is 1. The van der Waals surface area contributed by atoms with Crippen LogP contribution in [-0.2, 0) is 0 Å². The highest BCUT2D eigenvalue weighted by atomic mass is 15.0. The van der Waals surface area contributed by atoms with Crippen molar-refractivity contribution in [3.05, 3.63) is 29.7 Å². The van der Waals surface area contributed by atoms with Gasteiger partial charge in [-0.05, 0) is 26.3 Å². The fourth-order valence-electron chi connectivity index (χ4n) is 1.63. The summed E-state index contributed by atoms with van der Waals surface area (Å²) in [7, 11) is 0. The van der Waals surface area contributed by atoms with E-state index in [4.69, 9.17) is 0 Å². The standard InChI is InChI=1S/C12H15N3/c1-4-6-13-11-5-7-15-8-9(2)14-12(15)10(11)3/h5-8H,4H2,1-3H3. The molecule has 2 rings (SSSR count). The van der Waals surface area contributed by atoms with Crippen LogP contribution < -0.4 is 0 Å². The van der Waals surface area contributed by atoms with Gasteiger partial charge in [0.25, 0.3) is 0 Å². The zero-order valence-corrected chi connectivity index (χ0v) is 9.36. The Labute approximate surface area is 89.5 Å². The molecule has 0 fully saturated rings. The minimum atomic E-state index is 0.956. The van der Waals surface area contributed by atoms with E-state index in [-0.39, 0.29) is 0 Å². The molecule has 78 valence electrons. The lowest BCUT2D eigenvalue weighted by Crippen LogP contribution is -1.86. The van der Waals surface area contributed by atoms with Crippen LogP contribution in [0.25, 0.3) is 5.65 Å². The molecule has 0 aromatic carbocycles. The van der Waals surface area contributed by atoms with Crippen LogP contribution in [0.15, 0.2) is 23.5 Å². The van der Waals surface area contributed by atoms with Gasteiger partial charge in [-0.1, -0.05) is 6.92 Å². The SMILES string of the molecule is CCC=Nc1ccn2cc(C)nc2c1C. The van der Waals surface area contributed by atoms with E-state index in [0.29, 0.717) is 0 Å². The molecule has 2 heterocycles. The Hall–Kier alpha value is -1.64. The van der Waals surface area contributed by atoms with Crippen molar-refractivity contribution in [2.45, 2.75) is 27.2 Å². The monoisotopic (exact) mass is 201 g/mol. The molecule has 0 aliphatic carbocycles. The maximum atomic E-state index is 4.47. The Morgan fingerprint density at radius 2 is 2.27 bits per heavy atom. The predicted octanol–water partition coefficient (Wildman–Crippen LogP) is 3.06.